The summed E-state index contributed by atoms with van der Waals surface area (Å²) in [4.78, 5) is 13.6. The Bertz CT molecular complexity index is 211. The normalized spacial score (nSPS) is 23.5. The summed E-state index contributed by atoms with van der Waals surface area (Å²) in [5.41, 5.74) is 0. The van der Waals surface area contributed by atoms with Crippen LogP contribution < -0.4 is 0 Å². The highest BCUT2D eigenvalue weighted by atomic mass is 32.2. The summed E-state index contributed by atoms with van der Waals surface area (Å²) in [6.45, 7) is 5.14. The number of hydrogen-bond acceptors (Lipinski definition) is 3. The quantitative estimate of drug-likeness (QED) is 0.702. The van der Waals surface area contributed by atoms with E-state index < -0.39 is 0 Å². The molecular weight excluding hydrogens is 210 g/mol. The molecule has 1 aliphatic rings. The fourth-order valence-electron chi connectivity index (χ4n) is 1.91. The monoisotopic (exact) mass is 231 g/mol. The highest BCUT2D eigenvalue weighted by Crippen LogP contribution is 2.21. The van der Waals surface area contributed by atoms with Crippen molar-refractivity contribution >= 4 is 17.7 Å². The SMILES string of the molecule is CCSCCC(C)N1CC(CO)CC1=O. The third-order valence-electron chi connectivity index (χ3n) is 2.91. The van der Waals surface area contributed by atoms with Gasteiger partial charge >= 0.3 is 0 Å². The number of aliphatic hydroxyl groups is 1. The van der Waals surface area contributed by atoms with Gasteiger partial charge in [0.1, 0.15) is 0 Å². The highest BCUT2D eigenvalue weighted by molar-refractivity contribution is 7.99. The first kappa shape index (κ1) is 12.8. The molecule has 0 aromatic heterocycles. The van der Waals surface area contributed by atoms with Gasteiger partial charge in [-0.15, -0.1) is 0 Å². The molecule has 0 aromatic carbocycles. The molecule has 1 aliphatic heterocycles. The Kier molecular flexibility index (Phi) is 5.47. The van der Waals surface area contributed by atoms with Gasteiger partial charge in [-0.2, -0.15) is 11.8 Å². The Hall–Kier alpha value is -0.220. The van der Waals surface area contributed by atoms with Crippen molar-refractivity contribution in [1.29, 1.82) is 0 Å². The third-order valence-corrected chi connectivity index (χ3v) is 3.85. The molecule has 0 aromatic rings. The zero-order chi connectivity index (χ0) is 11.3. The van der Waals surface area contributed by atoms with Crippen LogP contribution >= 0.6 is 11.8 Å². The second-order valence-electron chi connectivity index (χ2n) is 4.13. The van der Waals surface area contributed by atoms with Gasteiger partial charge in [0.15, 0.2) is 0 Å². The first-order valence-corrected chi connectivity index (χ1v) is 6.82. The number of carbonyl (C=O) groups is 1. The average molecular weight is 231 g/mol. The van der Waals surface area contributed by atoms with Crippen molar-refractivity contribution in [2.24, 2.45) is 5.92 Å². The van der Waals surface area contributed by atoms with Crippen molar-refractivity contribution < 1.29 is 9.90 Å². The second-order valence-corrected chi connectivity index (χ2v) is 5.53. The molecular formula is C11H21NO2S. The van der Waals surface area contributed by atoms with Crippen LogP contribution in [0.15, 0.2) is 0 Å². The van der Waals surface area contributed by atoms with Gasteiger partial charge in [-0.3, -0.25) is 4.79 Å². The minimum absolute atomic E-state index is 0.138. The fourth-order valence-corrected chi connectivity index (χ4v) is 2.71. The molecule has 2 atom stereocenters. The first-order chi connectivity index (χ1) is 7.19. The molecule has 1 heterocycles. The van der Waals surface area contributed by atoms with E-state index in [1.807, 2.05) is 16.7 Å². The molecule has 1 saturated heterocycles. The molecule has 4 heteroatoms. The van der Waals surface area contributed by atoms with E-state index >= 15 is 0 Å². The van der Waals surface area contributed by atoms with Gasteiger partial charge in [-0.1, -0.05) is 6.92 Å². The number of nitrogens with zero attached hydrogens (tertiary/aromatic N) is 1. The number of amides is 1. The lowest BCUT2D eigenvalue weighted by atomic mass is 10.1. The molecule has 0 radical (unpaired) electrons. The predicted molar refractivity (Wildman–Crippen MR) is 64.0 cm³/mol. The van der Waals surface area contributed by atoms with E-state index in [2.05, 4.69) is 13.8 Å². The van der Waals surface area contributed by atoms with Crippen molar-refractivity contribution in [3.63, 3.8) is 0 Å². The van der Waals surface area contributed by atoms with E-state index in [1.165, 1.54) is 0 Å². The maximum atomic E-state index is 11.6. The summed E-state index contributed by atoms with van der Waals surface area (Å²) in [7, 11) is 0. The maximum Gasteiger partial charge on any atom is 0.223 e. The van der Waals surface area contributed by atoms with Gasteiger partial charge in [0.2, 0.25) is 5.91 Å². The topological polar surface area (TPSA) is 40.5 Å². The summed E-state index contributed by atoms with van der Waals surface area (Å²) in [5, 5.41) is 9.01. The zero-order valence-electron chi connectivity index (χ0n) is 9.61. The lowest BCUT2D eigenvalue weighted by Gasteiger charge is -2.24. The highest BCUT2D eigenvalue weighted by Gasteiger charge is 2.31. The lowest BCUT2D eigenvalue weighted by molar-refractivity contribution is -0.129. The fraction of sp³-hybridized carbons (Fsp3) is 0.909. The molecule has 0 aliphatic carbocycles. The second kappa shape index (κ2) is 6.38. The van der Waals surface area contributed by atoms with E-state index in [0.29, 0.717) is 12.5 Å². The zero-order valence-corrected chi connectivity index (χ0v) is 10.4. The van der Waals surface area contributed by atoms with Crippen molar-refractivity contribution in [2.75, 3.05) is 24.7 Å². The molecule has 1 amide bonds. The minimum atomic E-state index is 0.138. The van der Waals surface area contributed by atoms with Crippen LogP contribution in [0.25, 0.3) is 0 Å². The molecule has 0 spiro atoms. The minimum Gasteiger partial charge on any atom is -0.396 e. The number of likely N-dealkylation sites (tertiary alicyclic amines) is 1. The largest absolute Gasteiger partial charge is 0.396 e. The molecule has 2 unspecified atom stereocenters. The van der Waals surface area contributed by atoms with Crippen LogP contribution in [0.1, 0.15) is 26.7 Å². The Morgan fingerprint density at radius 2 is 2.40 bits per heavy atom. The molecule has 1 N–H and O–H groups in total. The van der Waals surface area contributed by atoms with Gasteiger partial charge in [0, 0.05) is 31.5 Å². The molecule has 1 rings (SSSR count). The predicted octanol–water partition coefficient (Wildman–Crippen LogP) is 1.36. The number of hydrogen-bond donors (Lipinski definition) is 1. The number of aliphatic hydroxyl groups excluding tert-OH is 1. The number of thioether (sulfide) groups is 1. The molecule has 88 valence electrons. The summed E-state index contributed by atoms with van der Waals surface area (Å²) < 4.78 is 0. The van der Waals surface area contributed by atoms with Crippen LogP contribution in [0.5, 0.6) is 0 Å². The van der Waals surface area contributed by atoms with Crippen molar-refractivity contribution in [2.45, 2.75) is 32.7 Å². The van der Waals surface area contributed by atoms with Crippen molar-refractivity contribution in [3.8, 4) is 0 Å². The molecule has 3 nitrogen and oxygen atoms in total. The van der Waals surface area contributed by atoms with Crippen LogP contribution in [0.3, 0.4) is 0 Å². The Morgan fingerprint density at radius 3 is 2.93 bits per heavy atom. The summed E-state index contributed by atoms with van der Waals surface area (Å²) in [6.07, 6.45) is 1.59. The number of carbonyl (C=O) groups excluding carboxylic acids is 1. The third kappa shape index (κ3) is 3.68. The summed E-state index contributed by atoms with van der Waals surface area (Å²) in [6, 6.07) is 0.327. The summed E-state index contributed by atoms with van der Waals surface area (Å²) >= 11 is 1.92. The lowest BCUT2D eigenvalue weighted by Crippen LogP contribution is -2.35. The standard InChI is InChI=1S/C11H21NO2S/c1-3-15-5-4-9(2)12-7-10(8-13)6-11(12)14/h9-10,13H,3-8H2,1-2H3. The van der Waals surface area contributed by atoms with Crippen LogP contribution in [0.4, 0.5) is 0 Å². The molecule has 1 fully saturated rings. The molecule has 0 saturated carbocycles. The van der Waals surface area contributed by atoms with E-state index in [4.69, 9.17) is 5.11 Å². The van der Waals surface area contributed by atoms with Gasteiger partial charge in [-0.25, -0.2) is 0 Å². The van der Waals surface area contributed by atoms with E-state index in [9.17, 15) is 4.79 Å². The van der Waals surface area contributed by atoms with E-state index in [0.717, 1.165) is 24.5 Å². The average Bonchev–Trinajstić information content (AvgIpc) is 2.60. The summed E-state index contributed by atoms with van der Waals surface area (Å²) in [5.74, 6) is 2.63. The van der Waals surface area contributed by atoms with Gasteiger partial charge < -0.3 is 10.0 Å². The van der Waals surface area contributed by atoms with Gasteiger partial charge in [-0.05, 0) is 24.9 Å². The molecule has 0 bridgehead atoms. The van der Waals surface area contributed by atoms with E-state index in [-0.39, 0.29) is 18.4 Å². The smallest absolute Gasteiger partial charge is 0.223 e. The van der Waals surface area contributed by atoms with E-state index in [1.54, 1.807) is 0 Å². The van der Waals surface area contributed by atoms with Gasteiger partial charge in [0.05, 0.1) is 0 Å². The van der Waals surface area contributed by atoms with Crippen LogP contribution in [-0.4, -0.2) is 46.6 Å². The first-order valence-electron chi connectivity index (χ1n) is 5.67. The Balaban J connectivity index is 2.32. The van der Waals surface area contributed by atoms with Crippen LogP contribution in [0.2, 0.25) is 0 Å². The van der Waals surface area contributed by atoms with Crippen LogP contribution in [0, 0.1) is 5.92 Å². The maximum absolute atomic E-state index is 11.6. The van der Waals surface area contributed by atoms with Crippen molar-refractivity contribution in [3.05, 3.63) is 0 Å². The van der Waals surface area contributed by atoms with Crippen LogP contribution in [-0.2, 0) is 4.79 Å². The Morgan fingerprint density at radius 1 is 1.67 bits per heavy atom. The molecule has 15 heavy (non-hydrogen) atoms. The number of rotatable bonds is 6. The van der Waals surface area contributed by atoms with Crippen molar-refractivity contribution in [1.82, 2.24) is 4.90 Å². The van der Waals surface area contributed by atoms with Gasteiger partial charge in [0.25, 0.3) is 0 Å². The Labute approximate surface area is 96.2 Å².